The van der Waals surface area contributed by atoms with Crippen molar-refractivity contribution in [1.82, 2.24) is 4.90 Å². The molecule has 1 aromatic rings. The third-order valence-electron chi connectivity index (χ3n) is 6.72. The number of carbonyl (C=O) groups is 1. The number of allylic oxidation sites excluding steroid dienone is 2. The number of amides is 1. The molecule has 1 N–H and O–H groups in total. The van der Waals surface area contributed by atoms with Crippen molar-refractivity contribution in [2.75, 3.05) is 7.11 Å². The maximum Gasteiger partial charge on any atom is 0.223 e. The summed E-state index contributed by atoms with van der Waals surface area (Å²) >= 11 is 0. The Morgan fingerprint density at radius 1 is 1.26 bits per heavy atom. The molecule has 174 valence electrons. The van der Waals surface area contributed by atoms with E-state index in [1.54, 1.807) is 13.2 Å². The second-order valence-electron chi connectivity index (χ2n) is 9.55. The molecule has 1 amide bonds. The molecule has 0 radical (unpaired) electrons. The van der Waals surface area contributed by atoms with Crippen LogP contribution in [-0.4, -0.2) is 29.1 Å². The van der Waals surface area contributed by atoms with Gasteiger partial charge in [0.2, 0.25) is 5.91 Å². The molecule has 4 nitrogen and oxygen atoms in total. The number of hydrogen-bond donors (Lipinski definition) is 1. The van der Waals surface area contributed by atoms with Gasteiger partial charge in [0.1, 0.15) is 0 Å². The summed E-state index contributed by atoms with van der Waals surface area (Å²) in [7, 11) is 1.56. The molecule has 2 rings (SSSR count). The van der Waals surface area contributed by atoms with E-state index in [1.165, 1.54) is 12.8 Å². The van der Waals surface area contributed by atoms with Gasteiger partial charge in [0, 0.05) is 19.0 Å². The Balaban J connectivity index is 2.19. The van der Waals surface area contributed by atoms with E-state index < -0.39 is 0 Å². The number of ether oxygens (including phenoxy) is 1. The summed E-state index contributed by atoms with van der Waals surface area (Å²) in [6.45, 7) is 9.62. The van der Waals surface area contributed by atoms with E-state index in [0.29, 0.717) is 36.5 Å². The van der Waals surface area contributed by atoms with Crippen LogP contribution in [0.1, 0.15) is 84.6 Å². The molecular weight excluding hydrogens is 386 g/mol. The molecule has 0 spiro atoms. The molecule has 0 saturated heterocycles. The smallest absolute Gasteiger partial charge is 0.223 e. The zero-order chi connectivity index (χ0) is 22.8. The molecule has 1 aliphatic rings. The monoisotopic (exact) mass is 429 g/mol. The molecule has 1 aliphatic carbocycles. The molecule has 3 atom stereocenters. The minimum atomic E-state index is 0.135. The van der Waals surface area contributed by atoms with Crippen LogP contribution < -0.4 is 4.74 Å². The van der Waals surface area contributed by atoms with Crippen LogP contribution in [0.25, 0.3) is 0 Å². The van der Waals surface area contributed by atoms with Crippen molar-refractivity contribution < 1.29 is 14.6 Å². The number of rotatable bonds is 11. The van der Waals surface area contributed by atoms with Crippen molar-refractivity contribution >= 4 is 5.91 Å². The first kappa shape index (κ1) is 25.3. The van der Waals surface area contributed by atoms with Gasteiger partial charge in [0.05, 0.1) is 7.11 Å². The van der Waals surface area contributed by atoms with Crippen molar-refractivity contribution in [2.24, 2.45) is 17.8 Å². The molecule has 0 heterocycles. The fourth-order valence-corrected chi connectivity index (χ4v) is 4.88. The van der Waals surface area contributed by atoms with Gasteiger partial charge in [-0.3, -0.25) is 4.79 Å². The van der Waals surface area contributed by atoms with Gasteiger partial charge < -0.3 is 14.7 Å². The summed E-state index contributed by atoms with van der Waals surface area (Å²) in [6.07, 6.45) is 12.6. The zero-order valence-corrected chi connectivity index (χ0v) is 20.3. The Morgan fingerprint density at radius 2 is 2.03 bits per heavy atom. The first-order valence-electron chi connectivity index (χ1n) is 12.2. The van der Waals surface area contributed by atoms with Crippen LogP contribution in [0.5, 0.6) is 11.5 Å². The van der Waals surface area contributed by atoms with E-state index in [-0.39, 0.29) is 17.7 Å². The average Bonchev–Trinajstić information content (AvgIpc) is 2.75. The molecule has 1 fully saturated rings. The number of unbranched alkanes of at least 4 members (excludes halogenated alkanes) is 2. The second kappa shape index (κ2) is 12.8. The Labute approximate surface area is 189 Å². The maximum atomic E-state index is 13.5. The van der Waals surface area contributed by atoms with Gasteiger partial charge in [-0.15, -0.1) is 0 Å². The van der Waals surface area contributed by atoms with E-state index in [9.17, 15) is 9.90 Å². The fraction of sp³-hybridized carbons (Fsp3) is 0.667. The molecule has 3 unspecified atom stereocenters. The average molecular weight is 430 g/mol. The Morgan fingerprint density at radius 3 is 2.71 bits per heavy atom. The zero-order valence-electron chi connectivity index (χ0n) is 20.3. The van der Waals surface area contributed by atoms with Gasteiger partial charge in [0.15, 0.2) is 11.5 Å². The van der Waals surface area contributed by atoms with Gasteiger partial charge in [-0.25, -0.2) is 0 Å². The first-order valence-corrected chi connectivity index (χ1v) is 12.2. The van der Waals surface area contributed by atoms with Gasteiger partial charge in [0.25, 0.3) is 0 Å². The van der Waals surface area contributed by atoms with Crippen LogP contribution in [0, 0.1) is 17.8 Å². The molecule has 0 aromatic heterocycles. The Bertz CT molecular complexity index is 712. The molecule has 4 heteroatoms. The van der Waals surface area contributed by atoms with E-state index in [4.69, 9.17) is 4.74 Å². The number of nitrogens with zero attached hydrogens (tertiary/aromatic N) is 1. The van der Waals surface area contributed by atoms with Crippen LogP contribution in [0.15, 0.2) is 30.4 Å². The Kier molecular flexibility index (Phi) is 10.4. The lowest BCUT2D eigenvalue weighted by atomic mass is 9.73. The van der Waals surface area contributed by atoms with Crippen LogP contribution in [0.2, 0.25) is 0 Å². The highest BCUT2D eigenvalue weighted by molar-refractivity contribution is 5.76. The topological polar surface area (TPSA) is 49.8 Å². The summed E-state index contributed by atoms with van der Waals surface area (Å²) in [6, 6.07) is 5.71. The lowest BCUT2D eigenvalue weighted by molar-refractivity contribution is -0.137. The van der Waals surface area contributed by atoms with E-state index in [0.717, 1.165) is 37.7 Å². The van der Waals surface area contributed by atoms with Crippen LogP contribution in [-0.2, 0) is 11.3 Å². The quantitative estimate of drug-likeness (QED) is 0.314. The third-order valence-corrected chi connectivity index (χ3v) is 6.72. The highest BCUT2D eigenvalue weighted by Gasteiger charge is 2.36. The van der Waals surface area contributed by atoms with Crippen molar-refractivity contribution in [1.29, 1.82) is 0 Å². The summed E-state index contributed by atoms with van der Waals surface area (Å²) in [5.74, 6) is 2.59. The van der Waals surface area contributed by atoms with Crippen LogP contribution >= 0.6 is 0 Å². The van der Waals surface area contributed by atoms with Gasteiger partial charge in [-0.05, 0) is 74.0 Å². The molecular formula is C27H43NO3. The lowest BCUT2D eigenvalue weighted by Crippen LogP contribution is -2.48. The minimum Gasteiger partial charge on any atom is -0.504 e. The van der Waals surface area contributed by atoms with Crippen molar-refractivity contribution in [2.45, 2.75) is 91.6 Å². The fourth-order valence-electron chi connectivity index (χ4n) is 4.88. The first-order chi connectivity index (χ1) is 14.9. The number of methoxy groups -OCH3 is 1. The van der Waals surface area contributed by atoms with Gasteiger partial charge >= 0.3 is 0 Å². The normalized spacial score (nSPS) is 21.5. The maximum absolute atomic E-state index is 13.5. The number of benzene rings is 1. The number of aromatic hydroxyl groups is 1. The molecule has 31 heavy (non-hydrogen) atoms. The highest BCUT2D eigenvalue weighted by atomic mass is 16.5. The summed E-state index contributed by atoms with van der Waals surface area (Å²) < 4.78 is 5.30. The summed E-state index contributed by atoms with van der Waals surface area (Å²) in [5, 5.41) is 9.97. The lowest BCUT2D eigenvalue weighted by Gasteiger charge is -2.44. The van der Waals surface area contributed by atoms with Crippen molar-refractivity contribution in [3.8, 4) is 11.5 Å². The van der Waals surface area contributed by atoms with Crippen LogP contribution in [0.3, 0.4) is 0 Å². The molecule has 0 aliphatic heterocycles. The summed E-state index contributed by atoms with van der Waals surface area (Å²) in [5.41, 5.74) is 1.01. The van der Waals surface area contributed by atoms with Crippen LogP contribution in [0.4, 0.5) is 0 Å². The van der Waals surface area contributed by atoms with Crippen molar-refractivity contribution in [3.05, 3.63) is 35.9 Å². The highest BCUT2D eigenvalue weighted by Crippen LogP contribution is 2.38. The van der Waals surface area contributed by atoms with E-state index >= 15 is 0 Å². The van der Waals surface area contributed by atoms with E-state index in [2.05, 4.69) is 44.7 Å². The number of phenolic OH excluding ortho intramolecular Hbond substituents is 1. The third kappa shape index (κ3) is 7.59. The van der Waals surface area contributed by atoms with Crippen molar-refractivity contribution in [3.63, 3.8) is 0 Å². The molecule has 0 bridgehead atoms. The largest absolute Gasteiger partial charge is 0.504 e. The number of carbonyl (C=O) groups excluding carboxylic acids is 1. The predicted octanol–water partition coefficient (Wildman–Crippen LogP) is 6.72. The number of hydrogen-bond acceptors (Lipinski definition) is 3. The predicted molar refractivity (Wildman–Crippen MR) is 128 cm³/mol. The van der Waals surface area contributed by atoms with E-state index in [1.807, 2.05) is 12.1 Å². The second-order valence-corrected chi connectivity index (χ2v) is 9.55. The SMILES string of the molecule is CCC=CCCCCC(=O)N(Cc1ccc(O)c(OC)c1)C1CC(C)CCC1C(C)C. The van der Waals surface area contributed by atoms with Gasteiger partial charge in [-0.2, -0.15) is 0 Å². The summed E-state index contributed by atoms with van der Waals surface area (Å²) in [4.78, 5) is 15.6. The number of phenols is 1. The Hall–Kier alpha value is -1.97. The van der Waals surface area contributed by atoms with Gasteiger partial charge in [-0.1, -0.05) is 52.3 Å². The molecule has 1 saturated carbocycles. The standard InChI is InChI=1S/C27H43NO3/c1-6-7-8-9-10-11-12-27(30)28(19-22-14-16-25(29)26(18-22)31-5)24-17-21(4)13-15-23(24)20(2)3/h7-8,14,16,18,20-21,23-24,29H,6,9-13,15,17,19H2,1-5H3. The molecule has 1 aromatic carbocycles. The minimum absolute atomic E-state index is 0.135.